The molecule has 54 heavy (non-hydrogen) atoms. The van der Waals surface area contributed by atoms with Crippen molar-refractivity contribution in [2.75, 3.05) is 0 Å². The minimum absolute atomic E-state index is 0.0972. The highest BCUT2D eigenvalue weighted by Gasteiger charge is 2.22. The second-order valence-electron chi connectivity index (χ2n) is 13.0. The van der Waals surface area contributed by atoms with Gasteiger partial charge in [0.1, 0.15) is 11.2 Å². The molecule has 0 aliphatic heterocycles. The molecule has 0 spiro atoms. The molecule has 0 atom stereocenters. The summed E-state index contributed by atoms with van der Waals surface area (Å²) in [5.74, 6) is 1.32. The van der Waals surface area contributed by atoms with E-state index in [1.54, 1.807) is 4.57 Å². The number of aromatic nitrogens is 4. The van der Waals surface area contributed by atoms with Crippen LogP contribution in [0, 0.1) is 0 Å². The van der Waals surface area contributed by atoms with Crippen molar-refractivity contribution in [2.24, 2.45) is 0 Å². The van der Waals surface area contributed by atoms with E-state index in [4.69, 9.17) is 24.9 Å². The summed E-state index contributed by atoms with van der Waals surface area (Å²) in [6, 6.07) is 39.0. The predicted octanol–water partition coefficient (Wildman–Crippen LogP) is 12.7. The first-order valence-corrected chi connectivity index (χ1v) is 17.5. The molecule has 5 nitrogen and oxygen atoms in total. The summed E-state index contributed by atoms with van der Waals surface area (Å²) in [6.07, 6.45) is 0. The fourth-order valence-corrected chi connectivity index (χ4v) is 7.41. The van der Waals surface area contributed by atoms with Crippen molar-refractivity contribution in [1.29, 1.82) is 0 Å². The van der Waals surface area contributed by atoms with Crippen molar-refractivity contribution in [2.45, 2.75) is 0 Å². The van der Waals surface area contributed by atoms with E-state index in [0.29, 0.717) is 51.0 Å². The quantitative estimate of drug-likeness (QED) is 0.180. The Morgan fingerprint density at radius 3 is 1.94 bits per heavy atom. The largest absolute Gasteiger partial charge is 0.455 e. The van der Waals surface area contributed by atoms with Gasteiger partial charge in [-0.2, -0.15) is 0 Å². The lowest BCUT2D eigenvalue weighted by Crippen LogP contribution is -2.02. The third-order valence-corrected chi connectivity index (χ3v) is 9.85. The average molecular weight is 699 g/mol. The topological polar surface area (TPSA) is 56.7 Å². The van der Waals surface area contributed by atoms with Gasteiger partial charge in [0, 0.05) is 54.7 Å². The third kappa shape index (κ3) is 4.76. The molecule has 11 rings (SSSR count). The number of hydrogen-bond acceptors (Lipinski definition) is 4. The Bertz CT molecular complexity index is 3630. The van der Waals surface area contributed by atoms with Crippen LogP contribution >= 0.6 is 0 Å². The highest BCUT2D eigenvalue weighted by molar-refractivity contribution is 6.19. The number of hydrogen-bond donors (Lipinski definition) is 0. The van der Waals surface area contributed by atoms with Crippen LogP contribution in [-0.2, 0) is 0 Å². The van der Waals surface area contributed by atoms with E-state index in [9.17, 15) is 5.48 Å². The lowest BCUT2D eigenvalue weighted by atomic mass is 9.97. The highest BCUT2D eigenvalue weighted by Crippen LogP contribution is 2.43. The zero-order chi connectivity index (χ0) is 42.6. The van der Waals surface area contributed by atoms with Crippen molar-refractivity contribution in [3.8, 4) is 51.0 Å². The Morgan fingerprint density at radius 1 is 0.463 bits per heavy atom. The van der Waals surface area contributed by atoms with E-state index in [1.165, 1.54) is 12.1 Å². The molecule has 0 radical (unpaired) electrons. The van der Waals surface area contributed by atoms with E-state index in [0.717, 1.165) is 21.9 Å². The first-order valence-electron chi connectivity index (χ1n) is 21.5. The third-order valence-electron chi connectivity index (χ3n) is 9.85. The van der Waals surface area contributed by atoms with Crippen molar-refractivity contribution in [3.05, 3.63) is 182 Å². The van der Waals surface area contributed by atoms with Gasteiger partial charge in [-0.3, -0.25) is 0 Å². The Balaban J connectivity index is 1.31. The monoisotopic (exact) mass is 698 g/mol. The molecular formula is C49H30N4O. The van der Waals surface area contributed by atoms with E-state index in [1.807, 2.05) is 121 Å². The molecule has 0 saturated heterocycles. The Kier molecular flexibility index (Phi) is 5.21. The second kappa shape index (κ2) is 12.1. The smallest absolute Gasteiger partial charge is 0.164 e. The van der Waals surface area contributed by atoms with Gasteiger partial charge in [0.15, 0.2) is 17.5 Å². The van der Waals surface area contributed by atoms with E-state index >= 15 is 0 Å². The predicted molar refractivity (Wildman–Crippen MR) is 221 cm³/mol. The SMILES string of the molecule is [2H]c1cc([2H])c2c(c1[2H])c1c([2H])cc3c([2H])c([2H])c([2H])c([2H])c3c1n2-c1ccc(-c2nc(-c3ccccc3)nc(-c3ccccc3)n2)cc1-c1cccc2c1oc1ccccc12. The van der Waals surface area contributed by atoms with Crippen molar-refractivity contribution >= 4 is 54.5 Å². The molecule has 5 heteroatoms. The van der Waals surface area contributed by atoms with Crippen LogP contribution in [-0.4, -0.2) is 19.5 Å². The molecule has 0 aliphatic rings. The van der Waals surface area contributed by atoms with Gasteiger partial charge in [-0.05, 0) is 35.7 Å². The standard InChI is InChI=1S/C49H30N4O/c1-3-15-32(16-4-1)47-50-48(33-17-5-2-6-18-33)52-49(51-47)34-27-29-43(41(30-34)40-23-13-22-39-37-21-10-12-25-44(37)54-46(39)40)53-42-24-11-9-20-36(42)38-28-26-31-14-7-8-19-35(31)45(38)53/h1-30H/i7D,8D,9D,14D,19D,20D,24D,28D. The van der Waals surface area contributed by atoms with Crippen LogP contribution < -0.4 is 0 Å². The molecule has 3 aromatic heterocycles. The minimum atomic E-state index is -0.461. The van der Waals surface area contributed by atoms with Gasteiger partial charge in [0.2, 0.25) is 0 Å². The minimum Gasteiger partial charge on any atom is -0.455 e. The Hall–Kier alpha value is -7.37. The molecule has 0 N–H and O–H groups in total. The number of fused-ring (bicyclic) bond motifs is 8. The second-order valence-corrected chi connectivity index (χ2v) is 13.0. The number of para-hydroxylation sites is 3. The van der Waals surface area contributed by atoms with Crippen molar-refractivity contribution in [3.63, 3.8) is 0 Å². The van der Waals surface area contributed by atoms with Gasteiger partial charge in [-0.1, -0.05) is 151 Å². The molecular weight excluding hydrogens is 661 g/mol. The fourth-order valence-electron chi connectivity index (χ4n) is 7.41. The van der Waals surface area contributed by atoms with E-state index in [-0.39, 0.29) is 68.8 Å². The van der Waals surface area contributed by atoms with Crippen LogP contribution in [0.1, 0.15) is 11.0 Å². The molecule has 0 fully saturated rings. The number of rotatable bonds is 5. The van der Waals surface area contributed by atoms with Crippen molar-refractivity contribution in [1.82, 2.24) is 19.5 Å². The van der Waals surface area contributed by atoms with Gasteiger partial charge in [-0.15, -0.1) is 0 Å². The lowest BCUT2D eigenvalue weighted by Gasteiger charge is -2.17. The van der Waals surface area contributed by atoms with Crippen LogP contribution in [0.3, 0.4) is 0 Å². The molecule has 11 aromatic rings. The molecule has 0 unspecified atom stereocenters. The maximum absolute atomic E-state index is 9.36. The maximum Gasteiger partial charge on any atom is 0.164 e. The van der Waals surface area contributed by atoms with Crippen LogP contribution in [0.2, 0.25) is 0 Å². The summed E-state index contributed by atoms with van der Waals surface area (Å²) in [5, 5.41) is 2.36. The van der Waals surface area contributed by atoms with E-state index < -0.39 is 12.1 Å². The summed E-state index contributed by atoms with van der Waals surface area (Å²) >= 11 is 0. The van der Waals surface area contributed by atoms with E-state index in [2.05, 4.69) is 0 Å². The Morgan fingerprint density at radius 2 is 1.15 bits per heavy atom. The first kappa shape index (κ1) is 23.2. The van der Waals surface area contributed by atoms with Crippen LogP contribution in [0.4, 0.5) is 0 Å². The molecule has 0 saturated carbocycles. The molecule has 0 bridgehead atoms. The number of nitrogens with zero attached hydrogens (tertiary/aromatic N) is 4. The van der Waals surface area contributed by atoms with Gasteiger partial charge in [0.05, 0.1) is 27.7 Å². The molecule has 8 aromatic carbocycles. The summed E-state index contributed by atoms with van der Waals surface area (Å²) in [7, 11) is 0. The fraction of sp³-hybridized carbons (Fsp3) is 0. The summed E-state index contributed by atoms with van der Waals surface area (Å²) in [5.41, 5.74) is 5.60. The van der Waals surface area contributed by atoms with Crippen molar-refractivity contribution < 1.29 is 15.4 Å². The number of furan rings is 1. The van der Waals surface area contributed by atoms with Crippen LogP contribution in [0.15, 0.2) is 186 Å². The zero-order valence-electron chi connectivity index (χ0n) is 36.4. The molecule has 3 heterocycles. The normalized spacial score (nSPS) is 13.8. The number of benzene rings is 8. The highest BCUT2D eigenvalue weighted by atomic mass is 16.3. The maximum atomic E-state index is 9.36. The van der Waals surface area contributed by atoms with Gasteiger partial charge < -0.3 is 8.98 Å². The van der Waals surface area contributed by atoms with Gasteiger partial charge >= 0.3 is 0 Å². The first-order chi connectivity index (χ1) is 30.1. The molecule has 252 valence electrons. The zero-order valence-corrected chi connectivity index (χ0v) is 28.4. The lowest BCUT2D eigenvalue weighted by molar-refractivity contribution is 0.670. The van der Waals surface area contributed by atoms with Gasteiger partial charge in [0.25, 0.3) is 0 Å². The summed E-state index contributed by atoms with van der Waals surface area (Å²) in [6.45, 7) is 0. The molecule has 0 aliphatic carbocycles. The van der Waals surface area contributed by atoms with Crippen LogP contribution in [0.5, 0.6) is 0 Å². The summed E-state index contributed by atoms with van der Waals surface area (Å²) in [4.78, 5) is 14.9. The van der Waals surface area contributed by atoms with Crippen LogP contribution in [0.25, 0.3) is 105 Å². The molecule has 0 amide bonds. The average Bonchev–Trinajstić information content (AvgIpc) is 3.87. The van der Waals surface area contributed by atoms with Gasteiger partial charge in [-0.25, -0.2) is 15.0 Å². The summed E-state index contributed by atoms with van der Waals surface area (Å²) < 4.78 is 80.3. The Labute approximate surface area is 321 Å².